The van der Waals surface area contributed by atoms with Gasteiger partial charge in [-0.25, -0.2) is 8.78 Å². The Morgan fingerprint density at radius 1 is 0.862 bits per heavy atom. The first-order valence-electron chi connectivity index (χ1n) is 9.69. The van der Waals surface area contributed by atoms with Crippen LogP contribution >= 0.6 is 0 Å². The van der Waals surface area contributed by atoms with Crippen LogP contribution in [0.3, 0.4) is 0 Å². The van der Waals surface area contributed by atoms with Crippen LogP contribution in [0, 0.1) is 11.6 Å². The monoisotopic (exact) mass is 392 g/mol. The highest BCUT2D eigenvalue weighted by Crippen LogP contribution is 2.32. The summed E-state index contributed by atoms with van der Waals surface area (Å²) in [6.07, 6.45) is 0. The third-order valence-electron chi connectivity index (χ3n) is 5.48. The Balaban J connectivity index is 1.59. The summed E-state index contributed by atoms with van der Waals surface area (Å²) in [5.41, 5.74) is 2.89. The summed E-state index contributed by atoms with van der Waals surface area (Å²) in [5, 5.41) is 0. The number of hydrogen-bond acceptors (Lipinski definition) is 2. The Bertz CT molecular complexity index is 1000. The van der Waals surface area contributed by atoms with Crippen LogP contribution in [-0.2, 0) is 11.3 Å². The third kappa shape index (κ3) is 3.78. The Morgan fingerprint density at radius 3 is 2.24 bits per heavy atom. The van der Waals surface area contributed by atoms with Crippen molar-refractivity contribution in [1.29, 1.82) is 0 Å². The largest absolute Gasteiger partial charge is 0.309 e. The number of anilines is 1. The number of carbonyl (C=O) groups is 1. The molecule has 0 aromatic heterocycles. The lowest BCUT2D eigenvalue weighted by molar-refractivity contribution is -0.125. The molecule has 1 aliphatic heterocycles. The fourth-order valence-corrected chi connectivity index (χ4v) is 3.83. The van der Waals surface area contributed by atoms with Crippen molar-refractivity contribution in [1.82, 2.24) is 4.90 Å². The standard InChI is InChI=1S/C24H22F2N2O/c1-17-24(29)28(15-14-27(17)16-20-21(25)11-7-12-22(20)26)23-13-6-5-10-19(23)18-8-3-2-4-9-18/h2-13,17H,14-16H2,1H3/t17-/m1/s1. The smallest absolute Gasteiger partial charge is 0.244 e. The number of nitrogens with zero attached hydrogens (tertiary/aromatic N) is 2. The summed E-state index contributed by atoms with van der Waals surface area (Å²) in [7, 11) is 0. The minimum absolute atomic E-state index is 0.00489. The molecular formula is C24H22F2N2O. The number of halogens is 2. The number of benzene rings is 3. The van der Waals surface area contributed by atoms with Gasteiger partial charge < -0.3 is 4.90 Å². The van der Waals surface area contributed by atoms with Crippen LogP contribution in [0.1, 0.15) is 12.5 Å². The Morgan fingerprint density at radius 2 is 1.52 bits per heavy atom. The molecule has 3 aromatic carbocycles. The summed E-state index contributed by atoms with van der Waals surface area (Å²) in [6.45, 7) is 2.85. The molecule has 148 valence electrons. The average molecular weight is 392 g/mol. The van der Waals surface area contributed by atoms with Gasteiger partial charge in [0.1, 0.15) is 11.6 Å². The number of rotatable bonds is 4. The lowest BCUT2D eigenvalue weighted by Gasteiger charge is -2.39. The molecule has 29 heavy (non-hydrogen) atoms. The summed E-state index contributed by atoms with van der Waals surface area (Å²) >= 11 is 0. The van der Waals surface area contributed by atoms with Gasteiger partial charge in [-0.3, -0.25) is 9.69 Å². The van der Waals surface area contributed by atoms with Crippen molar-refractivity contribution in [2.45, 2.75) is 19.5 Å². The van der Waals surface area contributed by atoms with Crippen molar-refractivity contribution in [3.05, 3.63) is 90.0 Å². The maximum Gasteiger partial charge on any atom is 0.244 e. The highest BCUT2D eigenvalue weighted by atomic mass is 19.1. The first kappa shape index (κ1) is 19.3. The zero-order chi connectivity index (χ0) is 20.4. The van der Waals surface area contributed by atoms with Gasteiger partial charge in [0.15, 0.2) is 0 Å². The van der Waals surface area contributed by atoms with E-state index in [2.05, 4.69) is 0 Å². The van der Waals surface area contributed by atoms with Gasteiger partial charge in [0.25, 0.3) is 0 Å². The quantitative estimate of drug-likeness (QED) is 0.633. The molecule has 0 bridgehead atoms. The number of para-hydroxylation sites is 1. The van der Waals surface area contributed by atoms with E-state index < -0.39 is 17.7 Å². The minimum atomic E-state index is -0.582. The molecular weight excluding hydrogens is 370 g/mol. The fraction of sp³-hybridized carbons (Fsp3) is 0.208. The molecule has 0 unspecified atom stereocenters. The SMILES string of the molecule is C[C@@H]1C(=O)N(c2ccccc2-c2ccccc2)CCN1Cc1c(F)cccc1F. The van der Waals surface area contributed by atoms with E-state index >= 15 is 0 Å². The second-order valence-electron chi connectivity index (χ2n) is 7.22. The molecule has 1 fully saturated rings. The van der Waals surface area contributed by atoms with Gasteiger partial charge in [-0.15, -0.1) is 0 Å². The number of amides is 1. The van der Waals surface area contributed by atoms with E-state index in [9.17, 15) is 13.6 Å². The molecule has 1 atom stereocenters. The van der Waals surface area contributed by atoms with Crippen LogP contribution in [0.15, 0.2) is 72.8 Å². The van der Waals surface area contributed by atoms with Crippen LogP contribution in [-0.4, -0.2) is 29.9 Å². The molecule has 3 nitrogen and oxygen atoms in total. The minimum Gasteiger partial charge on any atom is -0.309 e. The molecule has 0 radical (unpaired) electrons. The van der Waals surface area contributed by atoms with Crippen molar-refractivity contribution in [2.24, 2.45) is 0 Å². The van der Waals surface area contributed by atoms with Gasteiger partial charge in [-0.2, -0.15) is 0 Å². The van der Waals surface area contributed by atoms with Crippen molar-refractivity contribution >= 4 is 11.6 Å². The van der Waals surface area contributed by atoms with E-state index in [1.807, 2.05) is 59.5 Å². The van der Waals surface area contributed by atoms with Crippen LogP contribution in [0.5, 0.6) is 0 Å². The van der Waals surface area contributed by atoms with E-state index in [1.165, 1.54) is 18.2 Å². The first-order valence-corrected chi connectivity index (χ1v) is 9.69. The molecule has 5 heteroatoms. The van der Waals surface area contributed by atoms with Crippen molar-refractivity contribution in [3.8, 4) is 11.1 Å². The number of hydrogen-bond donors (Lipinski definition) is 0. The molecule has 1 amide bonds. The maximum atomic E-state index is 14.0. The zero-order valence-electron chi connectivity index (χ0n) is 16.2. The van der Waals surface area contributed by atoms with Crippen LogP contribution in [0.25, 0.3) is 11.1 Å². The average Bonchev–Trinajstić information content (AvgIpc) is 2.74. The fourth-order valence-electron chi connectivity index (χ4n) is 3.83. The normalized spacial score (nSPS) is 17.6. The van der Waals surface area contributed by atoms with E-state index in [-0.39, 0.29) is 18.0 Å². The van der Waals surface area contributed by atoms with Gasteiger partial charge in [0.2, 0.25) is 5.91 Å². The molecule has 4 rings (SSSR count). The van der Waals surface area contributed by atoms with E-state index in [4.69, 9.17) is 0 Å². The summed E-state index contributed by atoms with van der Waals surface area (Å²) in [6, 6.07) is 21.1. The van der Waals surface area contributed by atoms with Crippen LogP contribution in [0.4, 0.5) is 14.5 Å². The van der Waals surface area contributed by atoms with Gasteiger partial charge in [0, 0.05) is 30.8 Å². The Hall–Kier alpha value is -3.05. The maximum absolute atomic E-state index is 14.0. The lowest BCUT2D eigenvalue weighted by Crippen LogP contribution is -2.55. The molecule has 3 aromatic rings. The summed E-state index contributed by atoms with van der Waals surface area (Å²) < 4.78 is 28.1. The molecule has 1 heterocycles. The second kappa shape index (κ2) is 8.13. The Kier molecular flexibility index (Phi) is 5.41. The molecule has 0 N–H and O–H groups in total. The lowest BCUT2D eigenvalue weighted by atomic mass is 10.0. The number of piperazine rings is 1. The van der Waals surface area contributed by atoms with Crippen molar-refractivity contribution in [3.63, 3.8) is 0 Å². The van der Waals surface area contributed by atoms with Gasteiger partial charge in [0.05, 0.1) is 11.7 Å². The zero-order valence-corrected chi connectivity index (χ0v) is 16.2. The highest BCUT2D eigenvalue weighted by molar-refractivity contribution is 6.01. The topological polar surface area (TPSA) is 23.6 Å². The van der Waals surface area contributed by atoms with Crippen LogP contribution in [0.2, 0.25) is 0 Å². The van der Waals surface area contributed by atoms with E-state index in [0.29, 0.717) is 13.1 Å². The second-order valence-corrected chi connectivity index (χ2v) is 7.22. The molecule has 0 aliphatic carbocycles. The molecule has 1 aliphatic rings. The third-order valence-corrected chi connectivity index (χ3v) is 5.48. The van der Waals surface area contributed by atoms with Gasteiger partial charge >= 0.3 is 0 Å². The summed E-state index contributed by atoms with van der Waals surface area (Å²) in [5.74, 6) is -1.24. The predicted octanol–water partition coefficient (Wildman–Crippen LogP) is 4.87. The number of carbonyl (C=O) groups excluding carboxylic acids is 1. The molecule has 0 saturated carbocycles. The highest BCUT2D eigenvalue weighted by Gasteiger charge is 2.34. The van der Waals surface area contributed by atoms with E-state index in [0.717, 1.165) is 16.8 Å². The van der Waals surface area contributed by atoms with Crippen molar-refractivity contribution in [2.75, 3.05) is 18.0 Å². The predicted molar refractivity (Wildman–Crippen MR) is 110 cm³/mol. The Labute approximate surface area is 169 Å². The summed E-state index contributed by atoms with van der Waals surface area (Å²) in [4.78, 5) is 16.8. The first-order chi connectivity index (χ1) is 14.1. The molecule has 0 spiro atoms. The van der Waals surface area contributed by atoms with Crippen molar-refractivity contribution < 1.29 is 13.6 Å². The van der Waals surface area contributed by atoms with Gasteiger partial charge in [-0.1, -0.05) is 54.6 Å². The van der Waals surface area contributed by atoms with E-state index in [1.54, 1.807) is 11.8 Å². The molecule has 1 saturated heterocycles. The van der Waals surface area contributed by atoms with Crippen LogP contribution < -0.4 is 4.90 Å². The van der Waals surface area contributed by atoms with Gasteiger partial charge in [-0.05, 0) is 30.7 Å².